The minimum Gasteiger partial charge on any atom is -0.293 e. The lowest BCUT2D eigenvalue weighted by Crippen LogP contribution is -2.04. The van der Waals surface area contributed by atoms with Crippen molar-refractivity contribution in [1.82, 2.24) is 9.55 Å². The van der Waals surface area contributed by atoms with E-state index in [1.165, 1.54) is 18.2 Å². The molecule has 0 aliphatic carbocycles. The summed E-state index contributed by atoms with van der Waals surface area (Å²) in [6.07, 6.45) is 3.28. The zero-order valence-corrected chi connectivity index (χ0v) is 17.8. The average Bonchev–Trinajstić information content (AvgIpc) is 3.23. The van der Waals surface area contributed by atoms with Crippen LogP contribution in [0.15, 0.2) is 52.4 Å². The fraction of sp³-hybridized carbons (Fsp3) is 0.238. The summed E-state index contributed by atoms with van der Waals surface area (Å²) >= 11 is 1.57. The molecular weight excluding hydrogens is 390 g/mol. The first-order chi connectivity index (χ1) is 13.3. The summed E-state index contributed by atoms with van der Waals surface area (Å²) in [5, 5.41) is 10.4. The Morgan fingerprint density at radius 2 is 1.93 bits per heavy atom. The van der Waals surface area contributed by atoms with Crippen LogP contribution in [-0.2, 0) is 9.84 Å². The molecule has 0 radical (unpaired) electrons. The van der Waals surface area contributed by atoms with E-state index in [1.807, 2.05) is 36.7 Å². The lowest BCUT2D eigenvalue weighted by Gasteiger charge is -2.10. The second-order valence-electron chi connectivity index (χ2n) is 6.79. The van der Waals surface area contributed by atoms with E-state index in [0.29, 0.717) is 5.56 Å². The summed E-state index contributed by atoms with van der Waals surface area (Å²) in [6, 6.07) is 11.8. The molecule has 144 valence electrons. The number of allylic oxidation sites excluding steroid dienone is 1. The first-order valence-electron chi connectivity index (χ1n) is 8.82. The number of sulfone groups is 1. The maximum absolute atomic E-state index is 12.9. The van der Waals surface area contributed by atoms with Gasteiger partial charge in [-0.1, -0.05) is 32.0 Å². The zero-order chi connectivity index (χ0) is 20.5. The number of benzene rings is 1. The van der Waals surface area contributed by atoms with Gasteiger partial charge < -0.3 is 0 Å². The van der Waals surface area contributed by atoms with E-state index >= 15 is 0 Å². The molecule has 0 spiro atoms. The molecule has 0 saturated heterocycles. The molecule has 0 saturated carbocycles. The average molecular weight is 412 g/mol. The number of thiazole rings is 1. The second kappa shape index (κ2) is 7.74. The molecule has 0 bridgehead atoms. The monoisotopic (exact) mass is 411 g/mol. The third-order valence-corrected chi connectivity index (χ3v) is 7.03. The highest BCUT2D eigenvalue weighted by Crippen LogP contribution is 2.31. The number of rotatable bonds is 5. The molecule has 28 heavy (non-hydrogen) atoms. The van der Waals surface area contributed by atoms with Crippen molar-refractivity contribution in [1.29, 1.82) is 5.26 Å². The number of aromatic nitrogens is 2. The fourth-order valence-electron chi connectivity index (χ4n) is 2.96. The third kappa shape index (κ3) is 3.66. The van der Waals surface area contributed by atoms with Crippen molar-refractivity contribution in [2.45, 2.75) is 38.5 Å². The molecule has 3 rings (SSSR count). The maximum Gasteiger partial charge on any atom is 0.216 e. The summed E-state index contributed by atoms with van der Waals surface area (Å²) in [7, 11) is -3.87. The molecule has 0 atom stereocenters. The molecule has 0 fully saturated rings. The second-order valence-corrected chi connectivity index (χ2v) is 9.92. The van der Waals surface area contributed by atoms with E-state index < -0.39 is 9.84 Å². The Balaban J connectivity index is 2.17. The minimum atomic E-state index is -3.87. The normalized spacial score (nSPS) is 12.4. The topological polar surface area (TPSA) is 75.8 Å². The maximum atomic E-state index is 12.9. The van der Waals surface area contributed by atoms with Crippen LogP contribution in [-0.4, -0.2) is 18.0 Å². The third-order valence-electron chi connectivity index (χ3n) is 4.45. The SMILES string of the molecule is Cc1cnc(-n2c(C(C)C)cc(/C=C(\C#N)S(=O)(=O)c3ccccc3)c2C)s1. The van der Waals surface area contributed by atoms with Crippen molar-refractivity contribution >= 4 is 27.3 Å². The Hall–Kier alpha value is -2.69. The van der Waals surface area contributed by atoms with Crippen LogP contribution in [0.1, 0.15) is 41.6 Å². The predicted molar refractivity (Wildman–Crippen MR) is 112 cm³/mol. The van der Waals surface area contributed by atoms with Gasteiger partial charge in [0.2, 0.25) is 9.84 Å². The van der Waals surface area contributed by atoms with Gasteiger partial charge in [0.05, 0.1) is 4.90 Å². The number of hydrogen-bond donors (Lipinski definition) is 0. The first kappa shape index (κ1) is 20.1. The van der Waals surface area contributed by atoms with Gasteiger partial charge in [-0.15, -0.1) is 11.3 Å². The van der Waals surface area contributed by atoms with Crippen LogP contribution in [0.3, 0.4) is 0 Å². The van der Waals surface area contributed by atoms with Crippen molar-refractivity contribution in [2.75, 3.05) is 0 Å². The van der Waals surface area contributed by atoms with Crippen molar-refractivity contribution in [3.05, 3.63) is 69.3 Å². The Bertz CT molecular complexity index is 1180. The summed E-state index contributed by atoms with van der Waals surface area (Å²) in [6.45, 7) is 8.06. The quantitative estimate of drug-likeness (QED) is 0.553. The predicted octanol–water partition coefficient (Wildman–Crippen LogP) is 5.01. The molecule has 0 aliphatic heterocycles. The van der Waals surface area contributed by atoms with Crippen LogP contribution in [0, 0.1) is 25.2 Å². The Labute approximate surface area is 169 Å². The largest absolute Gasteiger partial charge is 0.293 e. The molecule has 2 aromatic heterocycles. The minimum absolute atomic E-state index is 0.111. The van der Waals surface area contributed by atoms with Crippen molar-refractivity contribution in [3.63, 3.8) is 0 Å². The van der Waals surface area contributed by atoms with E-state index in [-0.39, 0.29) is 15.7 Å². The van der Waals surface area contributed by atoms with Gasteiger partial charge >= 0.3 is 0 Å². The van der Waals surface area contributed by atoms with Crippen molar-refractivity contribution in [3.8, 4) is 11.2 Å². The summed E-state index contributed by atoms with van der Waals surface area (Å²) < 4.78 is 27.8. The number of hydrogen-bond acceptors (Lipinski definition) is 5. The molecule has 0 N–H and O–H groups in total. The van der Waals surface area contributed by atoms with Gasteiger partial charge in [0.1, 0.15) is 11.0 Å². The van der Waals surface area contributed by atoms with Crippen LogP contribution in [0.2, 0.25) is 0 Å². The molecular formula is C21H21N3O2S2. The summed E-state index contributed by atoms with van der Waals surface area (Å²) in [5.74, 6) is 0.210. The van der Waals surface area contributed by atoms with Crippen LogP contribution >= 0.6 is 11.3 Å². The molecule has 0 unspecified atom stereocenters. The molecule has 0 amide bonds. The standard InChI is InChI=1S/C21H21N3O2S2/c1-14(2)20-11-17(16(4)24(20)21-23-13-15(3)27-21)10-19(12-22)28(25,26)18-8-6-5-7-9-18/h5-11,13-14H,1-4H3/b19-10+. The molecule has 2 heterocycles. The van der Waals surface area contributed by atoms with Crippen LogP contribution in [0.5, 0.6) is 0 Å². The van der Waals surface area contributed by atoms with Gasteiger partial charge in [0.25, 0.3) is 0 Å². The molecule has 7 heteroatoms. The van der Waals surface area contributed by atoms with Gasteiger partial charge in [-0.3, -0.25) is 4.57 Å². The van der Waals surface area contributed by atoms with Gasteiger partial charge in [0, 0.05) is 22.5 Å². The van der Waals surface area contributed by atoms with E-state index in [9.17, 15) is 13.7 Å². The van der Waals surface area contributed by atoms with Gasteiger partial charge in [-0.2, -0.15) is 5.26 Å². The summed E-state index contributed by atoms with van der Waals surface area (Å²) in [4.78, 5) is 5.41. The Morgan fingerprint density at radius 1 is 1.25 bits per heavy atom. The summed E-state index contributed by atoms with van der Waals surface area (Å²) in [5.41, 5.74) is 2.58. The Morgan fingerprint density at radius 3 is 2.46 bits per heavy atom. The van der Waals surface area contributed by atoms with E-state index in [2.05, 4.69) is 18.8 Å². The molecule has 5 nitrogen and oxygen atoms in total. The smallest absolute Gasteiger partial charge is 0.216 e. The van der Waals surface area contributed by atoms with Crippen LogP contribution < -0.4 is 0 Å². The highest BCUT2D eigenvalue weighted by atomic mass is 32.2. The van der Waals surface area contributed by atoms with Gasteiger partial charge in [0.15, 0.2) is 5.13 Å². The highest BCUT2D eigenvalue weighted by molar-refractivity contribution is 7.95. The first-order valence-corrected chi connectivity index (χ1v) is 11.1. The van der Waals surface area contributed by atoms with Crippen LogP contribution in [0.25, 0.3) is 11.2 Å². The lowest BCUT2D eigenvalue weighted by atomic mass is 10.1. The molecule has 3 aromatic rings. The van der Waals surface area contributed by atoms with Crippen molar-refractivity contribution < 1.29 is 8.42 Å². The Kier molecular flexibility index (Phi) is 5.54. The van der Waals surface area contributed by atoms with Gasteiger partial charge in [-0.05, 0) is 49.6 Å². The number of nitrogens with zero attached hydrogens (tertiary/aromatic N) is 3. The van der Waals surface area contributed by atoms with Crippen molar-refractivity contribution in [2.24, 2.45) is 0 Å². The lowest BCUT2D eigenvalue weighted by molar-refractivity contribution is 0.603. The van der Waals surface area contributed by atoms with Crippen LogP contribution in [0.4, 0.5) is 0 Å². The molecule has 0 aliphatic rings. The fourth-order valence-corrected chi connectivity index (χ4v) is 4.96. The zero-order valence-electron chi connectivity index (χ0n) is 16.2. The number of aryl methyl sites for hydroxylation is 1. The van der Waals surface area contributed by atoms with E-state index in [0.717, 1.165) is 21.4 Å². The molecule has 1 aromatic carbocycles. The number of nitriles is 1. The highest BCUT2D eigenvalue weighted by Gasteiger charge is 2.23. The van der Waals surface area contributed by atoms with E-state index in [4.69, 9.17) is 0 Å². The van der Waals surface area contributed by atoms with Gasteiger partial charge in [-0.25, -0.2) is 13.4 Å². The van der Waals surface area contributed by atoms with E-state index in [1.54, 1.807) is 29.5 Å².